The third kappa shape index (κ3) is 4.77. The highest BCUT2D eigenvalue weighted by molar-refractivity contribution is 6.31. The number of amides is 1. The van der Waals surface area contributed by atoms with Gasteiger partial charge in [-0.3, -0.25) is 4.79 Å². The Kier molecular flexibility index (Phi) is 5.94. The molecular formula is C21H20ClN3O2. The van der Waals surface area contributed by atoms with Gasteiger partial charge in [0.15, 0.2) is 0 Å². The summed E-state index contributed by atoms with van der Waals surface area (Å²) in [4.78, 5) is 16.5. The van der Waals surface area contributed by atoms with Crippen LogP contribution in [0, 0.1) is 6.92 Å². The summed E-state index contributed by atoms with van der Waals surface area (Å²) in [6.07, 6.45) is 1.63. The average molecular weight is 382 g/mol. The van der Waals surface area contributed by atoms with Crippen molar-refractivity contribution < 1.29 is 9.53 Å². The number of ether oxygens (including phenoxy) is 1. The van der Waals surface area contributed by atoms with Crippen molar-refractivity contribution in [3.05, 3.63) is 82.6 Å². The monoisotopic (exact) mass is 381 g/mol. The molecule has 0 saturated heterocycles. The maximum atomic E-state index is 12.3. The van der Waals surface area contributed by atoms with Crippen LogP contribution in [0.4, 0.5) is 11.4 Å². The number of nitrogens with zero attached hydrogens (tertiary/aromatic N) is 1. The van der Waals surface area contributed by atoms with Crippen molar-refractivity contribution in [2.75, 3.05) is 12.4 Å². The lowest BCUT2D eigenvalue weighted by atomic mass is 10.2. The van der Waals surface area contributed by atoms with E-state index < -0.39 is 0 Å². The molecule has 0 bridgehead atoms. The second-order valence-electron chi connectivity index (χ2n) is 6.00. The third-order valence-electron chi connectivity index (χ3n) is 4.15. The second kappa shape index (κ2) is 8.56. The van der Waals surface area contributed by atoms with Gasteiger partial charge in [0, 0.05) is 17.3 Å². The molecule has 3 aromatic rings. The molecule has 0 aliphatic heterocycles. The maximum absolute atomic E-state index is 12.3. The molecule has 0 fully saturated rings. The Bertz CT molecular complexity index is 925. The van der Waals surface area contributed by atoms with Gasteiger partial charge in [0.05, 0.1) is 19.0 Å². The molecule has 0 aliphatic rings. The van der Waals surface area contributed by atoms with Crippen LogP contribution in [0.25, 0.3) is 0 Å². The number of hydrogen-bond acceptors (Lipinski definition) is 4. The summed E-state index contributed by atoms with van der Waals surface area (Å²) in [5, 5.41) is 6.81. The molecule has 2 N–H and O–H groups in total. The van der Waals surface area contributed by atoms with Gasteiger partial charge in [-0.25, -0.2) is 4.98 Å². The lowest BCUT2D eigenvalue weighted by molar-refractivity contribution is 0.0946. The quantitative estimate of drug-likeness (QED) is 0.648. The molecule has 0 atom stereocenters. The van der Waals surface area contributed by atoms with Gasteiger partial charge in [-0.05, 0) is 54.4 Å². The molecule has 0 saturated carbocycles. The van der Waals surface area contributed by atoms with Crippen molar-refractivity contribution in [3.63, 3.8) is 0 Å². The van der Waals surface area contributed by atoms with Gasteiger partial charge >= 0.3 is 0 Å². The highest BCUT2D eigenvalue weighted by Crippen LogP contribution is 2.25. The second-order valence-corrected chi connectivity index (χ2v) is 6.41. The Morgan fingerprint density at radius 3 is 2.56 bits per heavy atom. The topological polar surface area (TPSA) is 63.2 Å². The minimum Gasteiger partial charge on any atom is -0.497 e. The van der Waals surface area contributed by atoms with E-state index in [0.29, 0.717) is 17.3 Å². The molecule has 0 aliphatic carbocycles. The zero-order valence-corrected chi connectivity index (χ0v) is 15.9. The number of methoxy groups -OCH3 is 1. The molecule has 2 aromatic carbocycles. The van der Waals surface area contributed by atoms with E-state index in [1.165, 1.54) is 0 Å². The first-order valence-corrected chi connectivity index (χ1v) is 8.84. The van der Waals surface area contributed by atoms with Crippen molar-refractivity contribution in [1.29, 1.82) is 0 Å². The number of anilines is 2. The number of halogens is 1. The summed E-state index contributed by atoms with van der Waals surface area (Å²) in [5.74, 6) is 0.557. The SMILES string of the molecule is COc1ccc(CNC(=O)c2ccc(Nc3cccc(Cl)c3C)cn2)cc1. The zero-order valence-electron chi connectivity index (χ0n) is 15.1. The number of carbonyl (C=O) groups is 1. The summed E-state index contributed by atoms with van der Waals surface area (Å²) in [7, 11) is 1.62. The molecule has 0 radical (unpaired) electrons. The first-order chi connectivity index (χ1) is 13.1. The van der Waals surface area contributed by atoms with E-state index in [1.807, 2.05) is 55.5 Å². The minimum absolute atomic E-state index is 0.226. The zero-order chi connectivity index (χ0) is 19.2. The van der Waals surface area contributed by atoms with E-state index in [0.717, 1.165) is 28.3 Å². The van der Waals surface area contributed by atoms with Crippen LogP contribution in [0.5, 0.6) is 5.75 Å². The fourth-order valence-corrected chi connectivity index (χ4v) is 2.69. The van der Waals surface area contributed by atoms with Crippen LogP contribution < -0.4 is 15.4 Å². The Hall–Kier alpha value is -3.05. The van der Waals surface area contributed by atoms with Crippen molar-refractivity contribution in [2.45, 2.75) is 13.5 Å². The lowest BCUT2D eigenvalue weighted by Gasteiger charge is -2.11. The normalized spacial score (nSPS) is 10.3. The molecule has 0 spiro atoms. The van der Waals surface area contributed by atoms with E-state index >= 15 is 0 Å². The highest BCUT2D eigenvalue weighted by Gasteiger charge is 2.08. The van der Waals surface area contributed by atoms with Crippen molar-refractivity contribution in [3.8, 4) is 5.75 Å². The molecule has 3 rings (SSSR count). The molecule has 138 valence electrons. The first kappa shape index (κ1) is 18.7. The minimum atomic E-state index is -0.226. The molecule has 0 unspecified atom stereocenters. The molecule has 1 amide bonds. The largest absolute Gasteiger partial charge is 0.497 e. The first-order valence-electron chi connectivity index (χ1n) is 8.46. The standard InChI is InChI=1S/C21H20ClN3O2/c1-14-18(22)4-3-5-19(14)25-16-8-11-20(23-13-16)21(26)24-12-15-6-9-17(27-2)10-7-15/h3-11,13,25H,12H2,1-2H3,(H,24,26). The van der Waals surface area contributed by atoms with Gasteiger partial charge in [-0.1, -0.05) is 29.8 Å². The van der Waals surface area contributed by atoms with Gasteiger partial charge in [0.25, 0.3) is 5.91 Å². The maximum Gasteiger partial charge on any atom is 0.270 e. The fraction of sp³-hybridized carbons (Fsp3) is 0.143. The molecular weight excluding hydrogens is 362 g/mol. The molecule has 1 heterocycles. The average Bonchev–Trinajstić information content (AvgIpc) is 2.70. The highest BCUT2D eigenvalue weighted by atomic mass is 35.5. The van der Waals surface area contributed by atoms with E-state index in [1.54, 1.807) is 19.4 Å². The van der Waals surface area contributed by atoms with Crippen molar-refractivity contribution in [1.82, 2.24) is 10.3 Å². The summed E-state index contributed by atoms with van der Waals surface area (Å²) in [6, 6.07) is 16.7. The predicted octanol–water partition coefficient (Wildman–Crippen LogP) is 4.73. The van der Waals surface area contributed by atoms with Crippen LogP contribution >= 0.6 is 11.6 Å². The number of nitrogens with one attached hydrogen (secondary N) is 2. The van der Waals surface area contributed by atoms with Gasteiger partial charge < -0.3 is 15.4 Å². The Labute approximate surface area is 163 Å². The van der Waals surface area contributed by atoms with Crippen LogP contribution in [-0.2, 0) is 6.54 Å². The number of pyridine rings is 1. The summed E-state index contributed by atoms with van der Waals surface area (Å²) < 4.78 is 5.12. The van der Waals surface area contributed by atoms with Gasteiger partial charge in [0.1, 0.15) is 11.4 Å². The Morgan fingerprint density at radius 2 is 1.89 bits per heavy atom. The lowest BCUT2D eigenvalue weighted by Crippen LogP contribution is -2.23. The predicted molar refractivity (Wildman–Crippen MR) is 108 cm³/mol. The van der Waals surface area contributed by atoms with Crippen LogP contribution in [0.2, 0.25) is 5.02 Å². The van der Waals surface area contributed by atoms with Crippen molar-refractivity contribution >= 4 is 28.9 Å². The Balaban J connectivity index is 1.60. The summed E-state index contributed by atoms with van der Waals surface area (Å²) in [6.45, 7) is 2.37. The van der Waals surface area contributed by atoms with E-state index in [2.05, 4.69) is 15.6 Å². The number of hydrogen-bond donors (Lipinski definition) is 2. The smallest absolute Gasteiger partial charge is 0.270 e. The van der Waals surface area contributed by atoms with E-state index in [4.69, 9.17) is 16.3 Å². The van der Waals surface area contributed by atoms with Crippen LogP contribution in [0.15, 0.2) is 60.8 Å². The third-order valence-corrected chi connectivity index (χ3v) is 4.56. The molecule has 5 nitrogen and oxygen atoms in total. The number of benzene rings is 2. The van der Waals surface area contributed by atoms with Gasteiger partial charge in [-0.2, -0.15) is 0 Å². The Morgan fingerprint density at radius 1 is 1.11 bits per heavy atom. The van der Waals surface area contributed by atoms with Gasteiger partial charge in [0.2, 0.25) is 0 Å². The molecule has 27 heavy (non-hydrogen) atoms. The number of carbonyl (C=O) groups excluding carboxylic acids is 1. The molecule has 1 aromatic heterocycles. The summed E-state index contributed by atoms with van der Waals surface area (Å²) >= 11 is 6.13. The molecule has 6 heteroatoms. The number of rotatable bonds is 6. The van der Waals surface area contributed by atoms with Crippen LogP contribution in [0.1, 0.15) is 21.6 Å². The van der Waals surface area contributed by atoms with Gasteiger partial charge in [-0.15, -0.1) is 0 Å². The van der Waals surface area contributed by atoms with Crippen molar-refractivity contribution in [2.24, 2.45) is 0 Å². The van der Waals surface area contributed by atoms with Crippen LogP contribution in [-0.4, -0.2) is 18.0 Å². The van der Waals surface area contributed by atoms with E-state index in [-0.39, 0.29) is 5.91 Å². The summed E-state index contributed by atoms with van der Waals surface area (Å²) in [5.41, 5.74) is 3.99. The van der Waals surface area contributed by atoms with Crippen LogP contribution in [0.3, 0.4) is 0 Å². The fourth-order valence-electron chi connectivity index (χ4n) is 2.52. The van der Waals surface area contributed by atoms with E-state index in [9.17, 15) is 4.79 Å². The number of aromatic nitrogens is 1.